The fourth-order valence-electron chi connectivity index (χ4n) is 4.10. The Labute approximate surface area is 213 Å². The molecule has 4 rings (SSSR count). The van der Waals surface area contributed by atoms with Crippen molar-refractivity contribution in [3.8, 4) is 6.07 Å². The molecule has 186 valence electrons. The monoisotopic (exact) mass is 511 g/mol. The molecule has 1 saturated carbocycles. The van der Waals surface area contributed by atoms with Crippen LogP contribution < -0.4 is 5.32 Å². The highest BCUT2D eigenvalue weighted by Gasteiger charge is 2.30. The lowest BCUT2D eigenvalue weighted by Crippen LogP contribution is -2.33. The average molecular weight is 512 g/mol. The molecular formula is C28H25ClF3N3O. The van der Waals surface area contributed by atoms with Gasteiger partial charge in [0.25, 0.3) is 5.91 Å². The molecule has 0 bridgehead atoms. The number of hydrogen-bond acceptors (Lipinski definition) is 3. The van der Waals surface area contributed by atoms with Crippen LogP contribution in [0, 0.1) is 11.3 Å². The Morgan fingerprint density at radius 2 is 1.81 bits per heavy atom. The van der Waals surface area contributed by atoms with E-state index in [9.17, 15) is 18.0 Å². The summed E-state index contributed by atoms with van der Waals surface area (Å²) in [5, 5.41) is 12.2. The van der Waals surface area contributed by atoms with Gasteiger partial charge in [-0.25, -0.2) is 0 Å². The Balaban J connectivity index is 1.59. The van der Waals surface area contributed by atoms with Gasteiger partial charge in [0.1, 0.15) is 6.54 Å². The predicted octanol–water partition coefficient (Wildman–Crippen LogP) is 7.06. The second-order valence-electron chi connectivity index (χ2n) is 8.89. The second kappa shape index (κ2) is 11.0. The first kappa shape index (κ1) is 25.6. The van der Waals surface area contributed by atoms with E-state index in [0.717, 1.165) is 17.7 Å². The van der Waals surface area contributed by atoms with Crippen molar-refractivity contribution in [1.29, 1.82) is 5.26 Å². The van der Waals surface area contributed by atoms with Crippen molar-refractivity contribution >= 4 is 23.2 Å². The summed E-state index contributed by atoms with van der Waals surface area (Å²) < 4.78 is 39.5. The number of benzene rings is 3. The molecule has 1 amide bonds. The van der Waals surface area contributed by atoms with Gasteiger partial charge >= 0.3 is 6.18 Å². The minimum atomic E-state index is -4.43. The van der Waals surface area contributed by atoms with Gasteiger partial charge in [-0.05, 0) is 66.1 Å². The third-order valence-electron chi connectivity index (χ3n) is 6.18. The second-order valence-corrected chi connectivity index (χ2v) is 9.33. The van der Waals surface area contributed by atoms with E-state index in [1.54, 1.807) is 23.1 Å². The fraction of sp³-hybridized carbons (Fsp3) is 0.286. The fourth-order valence-corrected chi connectivity index (χ4v) is 4.28. The van der Waals surface area contributed by atoms with E-state index in [1.807, 2.05) is 18.2 Å². The van der Waals surface area contributed by atoms with Crippen molar-refractivity contribution in [2.75, 3.05) is 18.4 Å². The molecule has 0 radical (unpaired) electrons. The smallest absolute Gasteiger partial charge is 0.372 e. The molecule has 0 spiro atoms. The van der Waals surface area contributed by atoms with E-state index in [-0.39, 0.29) is 32.0 Å². The van der Waals surface area contributed by atoms with Crippen LogP contribution in [-0.2, 0) is 19.1 Å². The summed E-state index contributed by atoms with van der Waals surface area (Å²) in [5.74, 6) is 0.286. The van der Waals surface area contributed by atoms with Crippen molar-refractivity contribution in [2.45, 2.75) is 37.9 Å². The van der Waals surface area contributed by atoms with Gasteiger partial charge in [-0.3, -0.25) is 4.79 Å². The first-order valence-electron chi connectivity index (χ1n) is 11.7. The zero-order valence-electron chi connectivity index (χ0n) is 19.5. The number of nitrogens with zero attached hydrogens (tertiary/aromatic N) is 2. The lowest BCUT2D eigenvalue weighted by Gasteiger charge is -2.25. The highest BCUT2D eigenvalue weighted by Crippen LogP contribution is 2.40. The van der Waals surface area contributed by atoms with Crippen LogP contribution in [0.4, 0.5) is 18.9 Å². The van der Waals surface area contributed by atoms with Crippen LogP contribution in [0.25, 0.3) is 0 Å². The van der Waals surface area contributed by atoms with Crippen molar-refractivity contribution in [1.82, 2.24) is 4.90 Å². The number of nitrogens with one attached hydrogen (secondary N) is 1. The zero-order valence-corrected chi connectivity index (χ0v) is 20.2. The van der Waals surface area contributed by atoms with Crippen molar-refractivity contribution < 1.29 is 18.0 Å². The number of nitriles is 1. The number of rotatable bonds is 9. The Kier molecular flexibility index (Phi) is 7.85. The maximum absolute atomic E-state index is 13.7. The highest BCUT2D eigenvalue weighted by atomic mass is 35.5. The quantitative estimate of drug-likeness (QED) is 0.313. The summed E-state index contributed by atoms with van der Waals surface area (Å²) in [7, 11) is 0. The van der Waals surface area contributed by atoms with E-state index in [1.165, 1.54) is 30.5 Å². The van der Waals surface area contributed by atoms with Crippen LogP contribution in [0.3, 0.4) is 0 Å². The van der Waals surface area contributed by atoms with E-state index in [0.29, 0.717) is 27.8 Å². The first-order valence-corrected chi connectivity index (χ1v) is 12.1. The molecule has 1 aliphatic carbocycles. The maximum Gasteiger partial charge on any atom is 0.416 e. The molecule has 36 heavy (non-hydrogen) atoms. The molecule has 8 heteroatoms. The van der Waals surface area contributed by atoms with E-state index < -0.39 is 11.7 Å². The lowest BCUT2D eigenvalue weighted by molar-refractivity contribution is -0.137. The molecule has 1 aliphatic rings. The number of carbonyl (C=O) groups is 1. The summed E-state index contributed by atoms with van der Waals surface area (Å²) in [6.07, 6.45) is -1.81. The van der Waals surface area contributed by atoms with Gasteiger partial charge in [-0.2, -0.15) is 18.4 Å². The van der Waals surface area contributed by atoms with Crippen molar-refractivity contribution in [3.63, 3.8) is 0 Å². The molecule has 0 atom stereocenters. The molecule has 0 aliphatic heterocycles. The summed E-state index contributed by atoms with van der Waals surface area (Å²) in [6, 6.07) is 20.1. The molecule has 0 heterocycles. The molecule has 0 aromatic heterocycles. The van der Waals surface area contributed by atoms with Crippen LogP contribution in [0.2, 0.25) is 5.02 Å². The maximum atomic E-state index is 13.7. The minimum Gasteiger partial charge on any atom is -0.372 e. The molecule has 0 unspecified atom stereocenters. The highest BCUT2D eigenvalue weighted by molar-refractivity contribution is 6.31. The molecule has 4 nitrogen and oxygen atoms in total. The Bertz CT molecular complexity index is 1260. The van der Waals surface area contributed by atoms with E-state index in [2.05, 4.69) is 17.4 Å². The number of amides is 1. The third-order valence-corrected chi connectivity index (χ3v) is 6.42. The standard InChI is InChI=1S/C28H25ClF3N3O/c29-24-10-11-26(34-14-13-33)25(17-24)27(36)35(18-20-4-6-21(7-5-20)22-8-9-22)15-12-19-2-1-3-23(16-19)28(30,31)32/h1-7,10-11,16-17,22,34H,8-9,12,14-15,18H2. The Morgan fingerprint density at radius 3 is 2.47 bits per heavy atom. The number of alkyl halides is 3. The van der Waals surface area contributed by atoms with Gasteiger partial charge in [-0.15, -0.1) is 0 Å². The molecule has 3 aromatic rings. The summed E-state index contributed by atoms with van der Waals surface area (Å²) in [5.41, 5.74) is 2.74. The third kappa shape index (κ3) is 6.58. The van der Waals surface area contributed by atoms with E-state index >= 15 is 0 Å². The Hall–Kier alpha value is -3.50. The van der Waals surface area contributed by atoms with Gasteiger partial charge < -0.3 is 10.2 Å². The average Bonchev–Trinajstić information content (AvgIpc) is 3.71. The Morgan fingerprint density at radius 1 is 1.06 bits per heavy atom. The number of anilines is 1. The van der Waals surface area contributed by atoms with Crippen molar-refractivity contribution in [2.24, 2.45) is 0 Å². The number of carbonyl (C=O) groups excluding carboxylic acids is 1. The summed E-state index contributed by atoms with van der Waals surface area (Å²) in [4.78, 5) is 15.3. The summed E-state index contributed by atoms with van der Waals surface area (Å²) in [6.45, 7) is 0.496. The zero-order chi connectivity index (χ0) is 25.7. The van der Waals surface area contributed by atoms with Gasteiger partial charge in [-0.1, -0.05) is 54.1 Å². The van der Waals surface area contributed by atoms with Gasteiger partial charge in [0.15, 0.2) is 0 Å². The van der Waals surface area contributed by atoms with Crippen LogP contribution in [0.15, 0.2) is 66.7 Å². The van der Waals surface area contributed by atoms with Crippen LogP contribution in [0.1, 0.15) is 51.4 Å². The topological polar surface area (TPSA) is 56.1 Å². The van der Waals surface area contributed by atoms with Gasteiger partial charge in [0, 0.05) is 23.8 Å². The molecular weight excluding hydrogens is 487 g/mol. The number of hydrogen-bond donors (Lipinski definition) is 1. The number of halogens is 4. The predicted molar refractivity (Wildman–Crippen MR) is 134 cm³/mol. The normalized spacial score (nSPS) is 13.2. The van der Waals surface area contributed by atoms with Gasteiger partial charge in [0.05, 0.1) is 17.2 Å². The van der Waals surface area contributed by atoms with Crippen molar-refractivity contribution in [3.05, 3.63) is 99.6 Å². The first-order chi connectivity index (χ1) is 17.2. The molecule has 3 aromatic carbocycles. The minimum absolute atomic E-state index is 0.00871. The SMILES string of the molecule is N#CCNc1ccc(Cl)cc1C(=O)N(CCc1cccc(C(F)(F)F)c1)Cc1ccc(C2CC2)cc1. The molecule has 1 fully saturated rings. The van der Waals surface area contributed by atoms with E-state index in [4.69, 9.17) is 16.9 Å². The summed E-state index contributed by atoms with van der Waals surface area (Å²) >= 11 is 6.18. The molecule has 1 N–H and O–H groups in total. The van der Waals surface area contributed by atoms with Crippen LogP contribution in [-0.4, -0.2) is 23.9 Å². The van der Waals surface area contributed by atoms with Crippen LogP contribution in [0.5, 0.6) is 0 Å². The molecule has 0 saturated heterocycles. The largest absolute Gasteiger partial charge is 0.416 e. The lowest BCUT2D eigenvalue weighted by atomic mass is 10.0. The van der Waals surface area contributed by atoms with Crippen LogP contribution >= 0.6 is 11.6 Å². The van der Waals surface area contributed by atoms with Gasteiger partial charge in [0.2, 0.25) is 0 Å².